The van der Waals surface area contributed by atoms with E-state index in [0.717, 1.165) is 30.3 Å². The van der Waals surface area contributed by atoms with Gasteiger partial charge in [-0.25, -0.2) is 0 Å². The number of aliphatic hydroxyl groups excluding tert-OH is 3. The van der Waals surface area contributed by atoms with E-state index in [0.29, 0.717) is 29.7 Å². The van der Waals surface area contributed by atoms with Crippen molar-refractivity contribution in [2.75, 3.05) is 0 Å². The van der Waals surface area contributed by atoms with Crippen molar-refractivity contribution < 1.29 is 15.3 Å². The maximum atomic E-state index is 10.1. The molecule has 0 aromatic rings. The molecule has 3 saturated carbocycles. The maximum Gasteiger partial charge on any atom is 0.0809 e. The van der Waals surface area contributed by atoms with Crippen LogP contribution in [0.5, 0.6) is 0 Å². The lowest BCUT2D eigenvalue weighted by atomic mass is 9.60. The average Bonchev–Trinajstić information content (AvgIpc) is 3.01. The summed E-state index contributed by atoms with van der Waals surface area (Å²) in [6.07, 6.45) is 14.0. The Morgan fingerprint density at radius 2 is 1.79 bits per heavy atom. The van der Waals surface area contributed by atoms with Crippen LogP contribution in [0.15, 0.2) is 35.5 Å². The normalized spacial score (nSPS) is 38.8. The molecule has 0 aromatic carbocycles. The van der Waals surface area contributed by atoms with Crippen molar-refractivity contribution in [3.05, 3.63) is 35.5 Å². The van der Waals surface area contributed by atoms with Crippen molar-refractivity contribution in [1.29, 1.82) is 0 Å². The van der Waals surface area contributed by atoms with Gasteiger partial charge in [-0.15, -0.1) is 0 Å². The largest absolute Gasteiger partial charge is 0.393 e. The second-order valence-electron chi connectivity index (χ2n) is 10.4. The molecule has 7 atom stereocenters. The number of rotatable bonds is 6. The van der Waals surface area contributed by atoms with Crippen LogP contribution in [-0.4, -0.2) is 33.6 Å². The Morgan fingerprint density at radius 3 is 2.45 bits per heavy atom. The highest BCUT2D eigenvalue weighted by atomic mass is 16.3. The first kappa shape index (κ1) is 22.8. The third-order valence-corrected chi connectivity index (χ3v) is 8.31. The molecule has 3 N–H and O–H groups in total. The lowest BCUT2D eigenvalue weighted by Crippen LogP contribution is -2.36. The van der Waals surface area contributed by atoms with E-state index in [4.69, 9.17) is 0 Å². The smallest absolute Gasteiger partial charge is 0.0809 e. The lowest BCUT2D eigenvalue weighted by molar-refractivity contribution is 0.0907. The maximum absolute atomic E-state index is 10.1. The van der Waals surface area contributed by atoms with E-state index in [1.807, 2.05) is 6.92 Å². The topological polar surface area (TPSA) is 60.7 Å². The third-order valence-electron chi connectivity index (χ3n) is 8.31. The molecule has 3 heteroatoms. The van der Waals surface area contributed by atoms with Crippen molar-refractivity contribution >= 4 is 0 Å². The molecule has 3 nitrogen and oxygen atoms in total. The number of aliphatic hydroxyl groups is 3. The summed E-state index contributed by atoms with van der Waals surface area (Å²) in [7, 11) is 0. The van der Waals surface area contributed by atoms with Crippen molar-refractivity contribution in [3.63, 3.8) is 0 Å². The van der Waals surface area contributed by atoms with Gasteiger partial charge in [0.15, 0.2) is 0 Å². The standard InChI is InChI=1S/C26H42O3/c1-17(7-5-8-18(2)27)22-12-13-23-21(9-6-14-26(22,23)4)11-10-20-15-24(28)19(3)25(29)16-20/h10-11,17-18,22-25,27-29H,3,5-9,12-16H2,1-2,4H3/b21-11+/t17-,18+,22?,23+,24-,25-,26-/m1/s1. The third kappa shape index (κ3) is 5.06. The van der Waals surface area contributed by atoms with Gasteiger partial charge in [-0.05, 0) is 87.0 Å². The summed E-state index contributed by atoms with van der Waals surface area (Å²) < 4.78 is 0. The Balaban J connectivity index is 1.68. The molecular formula is C26H42O3. The van der Waals surface area contributed by atoms with E-state index in [-0.39, 0.29) is 6.10 Å². The molecule has 0 aromatic heterocycles. The Labute approximate surface area is 177 Å². The fourth-order valence-corrected chi connectivity index (χ4v) is 6.58. The summed E-state index contributed by atoms with van der Waals surface area (Å²) >= 11 is 0. The molecular weight excluding hydrogens is 360 g/mol. The van der Waals surface area contributed by atoms with Gasteiger partial charge in [0.1, 0.15) is 0 Å². The minimum absolute atomic E-state index is 0.180. The molecule has 0 radical (unpaired) electrons. The van der Waals surface area contributed by atoms with Gasteiger partial charge < -0.3 is 15.3 Å². The van der Waals surface area contributed by atoms with Crippen molar-refractivity contribution in [1.82, 2.24) is 0 Å². The summed E-state index contributed by atoms with van der Waals surface area (Å²) in [4.78, 5) is 0. The molecule has 3 aliphatic carbocycles. The number of allylic oxidation sites excluding steroid dienone is 3. The molecule has 164 valence electrons. The highest BCUT2D eigenvalue weighted by Gasteiger charge is 2.50. The predicted octanol–water partition coefficient (Wildman–Crippen LogP) is 5.31. The van der Waals surface area contributed by atoms with Crippen molar-refractivity contribution in [2.45, 2.75) is 103 Å². The van der Waals surface area contributed by atoms with E-state index < -0.39 is 12.2 Å². The zero-order valence-electron chi connectivity index (χ0n) is 18.7. The zero-order valence-corrected chi connectivity index (χ0v) is 18.7. The van der Waals surface area contributed by atoms with E-state index in [2.05, 4.69) is 32.6 Å². The van der Waals surface area contributed by atoms with Gasteiger partial charge in [0.05, 0.1) is 18.3 Å². The highest BCUT2D eigenvalue weighted by Crippen LogP contribution is 2.59. The van der Waals surface area contributed by atoms with Crippen LogP contribution >= 0.6 is 0 Å². The molecule has 29 heavy (non-hydrogen) atoms. The second-order valence-corrected chi connectivity index (χ2v) is 10.4. The van der Waals surface area contributed by atoms with Crippen molar-refractivity contribution in [3.8, 4) is 0 Å². The first-order chi connectivity index (χ1) is 13.7. The van der Waals surface area contributed by atoms with Crippen LogP contribution in [0.2, 0.25) is 0 Å². The van der Waals surface area contributed by atoms with E-state index >= 15 is 0 Å². The van der Waals surface area contributed by atoms with Gasteiger partial charge in [-0.3, -0.25) is 0 Å². The number of hydrogen-bond donors (Lipinski definition) is 3. The van der Waals surface area contributed by atoms with Gasteiger partial charge in [0, 0.05) is 0 Å². The van der Waals surface area contributed by atoms with Crippen LogP contribution in [-0.2, 0) is 0 Å². The number of hydrogen-bond acceptors (Lipinski definition) is 3. The van der Waals surface area contributed by atoms with Crippen LogP contribution in [0.1, 0.15) is 85.0 Å². The molecule has 1 unspecified atom stereocenters. The first-order valence-corrected chi connectivity index (χ1v) is 11.8. The SMILES string of the molecule is C=C1[C@H](O)CC(=C/C=C2\CCC[C@]3(C)C([C@H](C)CCC[C@H](C)O)CC[C@@H]23)C[C@H]1O. The van der Waals surface area contributed by atoms with E-state index in [9.17, 15) is 15.3 Å². The molecule has 3 rings (SSSR count). The lowest BCUT2D eigenvalue weighted by Gasteiger charge is -2.44. The van der Waals surface area contributed by atoms with Gasteiger partial charge in [0.2, 0.25) is 0 Å². The van der Waals surface area contributed by atoms with Crippen LogP contribution in [0, 0.1) is 23.2 Å². The Hall–Kier alpha value is -0.900. The molecule has 0 bridgehead atoms. The van der Waals surface area contributed by atoms with E-state index in [1.165, 1.54) is 38.5 Å². The van der Waals surface area contributed by atoms with Crippen molar-refractivity contribution in [2.24, 2.45) is 23.2 Å². The van der Waals surface area contributed by atoms with Gasteiger partial charge in [0.25, 0.3) is 0 Å². The average molecular weight is 403 g/mol. The summed E-state index contributed by atoms with van der Waals surface area (Å²) in [5.74, 6) is 2.17. The molecule has 3 fully saturated rings. The fourth-order valence-electron chi connectivity index (χ4n) is 6.58. The van der Waals surface area contributed by atoms with Crippen LogP contribution in [0.3, 0.4) is 0 Å². The molecule has 0 heterocycles. The monoisotopic (exact) mass is 402 g/mol. The molecule has 0 aliphatic heterocycles. The quantitative estimate of drug-likeness (QED) is 0.527. The van der Waals surface area contributed by atoms with Crippen LogP contribution in [0.25, 0.3) is 0 Å². The Kier molecular flexibility index (Phi) is 7.46. The van der Waals surface area contributed by atoms with Crippen LogP contribution in [0.4, 0.5) is 0 Å². The zero-order chi connectivity index (χ0) is 21.2. The minimum Gasteiger partial charge on any atom is -0.393 e. The van der Waals surface area contributed by atoms with Gasteiger partial charge in [-0.2, -0.15) is 0 Å². The molecule has 0 spiro atoms. The summed E-state index contributed by atoms with van der Waals surface area (Å²) in [5, 5.41) is 29.8. The summed E-state index contributed by atoms with van der Waals surface area (Å²) in [5.41, 5.74) is 3.67. The predicted molar refractivity (Wildman–Crippen MR) is 119 cm³/mol. The Bertz CT molecular complexity index is 630. The Morgan fingerprint density at radius 1 is 1.10 bits per heavy atom. The number of fused-ring (bicyclic) bond motifs is 1. The molecule has 0 saturated heterocycles. The summed E-state index contributed by atoms with van der Waals surface area (Å²) in [6, 6.07) is 0. The van der Waals surface area contributed by atoms with Gasteiger partial charge >= 0.3 is 0 Å². The highest BCUT2D eigenvalue weighted by molar-refractivity contribution is 5.29. The second kappa shape index (κ2) is 9.49. The summed E-state index contributed by atoms with van der Waals surface area (Å²) in [6.45, 7) is 10.7. The fraction of sp³-hybridized carbons (Fsp3) is 0.769. The van der Waals surface area contributed by atoms with Crippen LogP contribution < -0.4 is 0 Å². The minimum atomic E-state index is -0.613. The first-order valence-electron chi connectivity index (χ1n) is 11.8. The molecule has 3 aliphatic rings. The van der Waals surface area contributed by atoms with Gasteiger partial charge in [-0.1, -0.05) is 56.6 Å². The molecule has 0 amide bonds. The van der Waals surface area contributed by atoms with E-state index in [1.54, 1.807) is 5.57 Å².